The van der Waals surface area contributed by atoms with Crippen LogP contribution in [0.4, 0.5) is 26.3 Å². The fourth-order valence-corrected chi connectivity index (χ4v) is 5.03. The number of carbonyl (C=O) groups excluding carboxylic acids is 2. The molecule has 1 aliphatic heterocycles. The quantitative estimate of drug-likeness (QED) is 0.526. The molecule has 2 unspecified atom stereocenters. The molecule has 154 valence electrons. The molecular formula is C18H10F6O4S. The Bertz CT molecular complexity index is 1070. The average Bonchev–Trinajstić information content (AvgIpc) is 2.62. The van der Waals surface area contributed by atoms with Crippen LogP contribution in [-0.4, -0.2) is 25.7 Å². The van der Waals surface area contributed by atoms with Gasteiger partial charge in [0, 0.05) is 5.56 Å². The van der Waals surface area contributed by atoms with Gasteiger partial charge in [-0.15, -0.1) is 0 Å². The van der Waals surface area contributed by atoms with E-state index in [2.05, 4.69) is 0 Å². The summed E-state index contributed by atoms with van der Waals surface area (Å²) in [4.78, 5) is 23.8. The molecule has 0 saturated carbocycles. The summed E-state index contributed by atoms with van der Waals surface area (Å²) in [6, 6.07) is 5.07. The number of halogens is 6. The molecule has 1 aliphatic rings. The van der Waals surface area contributed by atoms with Gasteiger partial charge in [0.25, 0.3) is 0 Å². The predicted octanol–water partition coefficient (Wildman–Crippen LogP) is 4.05. The van der Waals surface area contributed by atoms with Crippen LogP contribution >= 0.6 is 0 Å². The molecule has 0 spiro atoms. The molecule has 3 rings (SSSR count). The average molecular weight is 436 g/mol. The molecule has 11 heteroatoms. The number of aldehydes is 1. The number of benzene rings is 2. The maximum atomic E-state index is 13.1. The summed E-state index contributed by atoms with van der Waals surface area (Å²) in [7, 11) is -4.51. The highest BCUT2D eigenvalue weighted by Crippen LogP contribution is 2.42. The Labute approximate surface area is 160 Å². The van der Waals surface area contributed by atoms with Crippen molar-refractivity contribution in [3.63, 3.8) is 0 Å². The zero-order chi connectivity index (χ0) is 21.8. The van der Waals surface area contributed by atoms with E-state index >= 15 is 0 Å². The molecule has 0 aromatic heterocycles. The standard InChI is InChI=1S/C18H10F6O4S/c19-17(20,21)10-5-9(6-11(7-10)18(22,23)24)15-14(8-25)29(27,28)13-4-2-1-3-12(13)16(15)26/h1-8,14-15H. The van der Waals surface area contributed by atoms with Crippen molar-refractivity contribution in [2.24, 2.45) is 0 Å². The molecule has 0 bridgehead atoms. The van der Waals surface area contributed by atoms with Gasteiger partial charge in [0.2, 0.25) is 0 Å². The Kier molecular flexibility index (Phi) is 4.85. The molecule has 0 fully saturated rings. The third-order valence-corrected chi connectivity index (χ3v) is 6.60. The largest absolute Gasteiger partial charge is 0.416 e. The van der Waals surface area contributed by atoms with Gasteiger partial charge in [-0.05, 0) is 29.8 Å². The van der Waals surface area contributed by atoms with Crippen LogP contribution in [0, 0.1) is 0 Å². The van der Waals surface area contributed by atoms with Gasteiger partial charge in [-0.2, -0.15) is 26.3 Å². The number of hydrogen-bond donors (Lipinski definition) is 0. The SMILES string of the molecule is O=CC1C(c2cc(C(F)(F)F)cc(C(F)(F)F)c2)C(=O)c2ccccc2S1(=O)=O. The summed E-state index contributed by atoms with van der Waals surface area (Å²) < 4.78 is 104. The van der Waals surface area contributed by atoms with Crippen molar-refractivity contribution >= 4 is 21.9 Å². The number of sulfone groups is 1. The Hall–Kier alpha value is -2.69. The van der Waals surface area contributed by atoms with Gasteiger partial charge in [0.15, 0.2) is 15.6 Å². The molecule has 2 aromatic rings. The van der Waals surface area contributed by atoms with Crippen LogP contribution in [0.1, 0.15) is 33.0 Å². The molecular weight excluding hydrogens is 426 g/mol. The van der Waals surface area contributed by atoms with E-state index in [1.165, 1.54) is 12.1 Å². The van der Waals surface area contributed by atoms with Crippen molar-refractivity contribution in [2.45, 2.75) is 28.4 Å². The van der Waals surface area contributed by atoms with Gasteiger partial charge in [-0.3, -0.25) is 4.79 Å². The van der Waals surface area contributed by atoms with E-state index in [0.29, 0.717) is 0 Å². The fourth-order valence-electron chi connectivity index (χ4n) is 3.21. The van der Waals surface area contributed by atoms with Crippen LogP contribution in [0.3, 0.4) is 0 Å². The number of fused-ring (bicyclic) bond motifs is 1. The van der Waals surface area contributed by atoms with E-state index in [1.54, 1.807) is 0 Å². The Morgan fingerprint density at radius 2 is 1.38 bits per heavy atom. The van der Waals surface area contributed by atoms with Gasteiger partial charge in [-0.25, -0.2) is 8.42 Å². The zero-order valence-corrected chi connectivity index (χ0v) is 14.9. The third kappa shape index (κ3) is 3.54. The number of ketones is 1. The normalized spacial score (nSPS) is 21.5. The van der Waals surface area contributed by atoms with Crippen molar-refractivity contribution in [3.05, 3.63) is 64.7 Å². The smallest absolute Gasteiger partial charge is 0.302 e. The third-order valence-electron chi connectivity index (χ3n) is 4.53. The predicted molar refractivity (Wildman–Crippen MR) is 87.0 cm³/mol. The van der Waals surface area contributed by atoms with Crippen LogP contribution in [0.5, 0.6) is 0 Å². The van der Waals surface area contributed by atoms with E-state index in [0.717, 1.165) is 12.1 Å². The van der Waals surface area contributed by atoms with Gasteiger partial charge < -0.3 is 4.79 Å². The van der Waals surface area contributed by atoms with Crippen molar-refractivity contribution in [1.82, 2.24) is 0 Å². The van der Waals surface area contributed by atoms with Crippen LogP contribution in [0.25, 0.3) is 0 Å². The highest BCUT2D eigenvalue weighted by atomic mass is 32.2. The summed E-state index contributed by atoms with van der Waals surface area (Å²) in [5.74, 6) is -3.10. The number of carbonyl (C=O) groups is 2. The van der Waals surface area contributed by atoms with Gasteiger partial charge >= 0.3 is 12.4 Å². The molecule has 2 atom stereocenters. The number of hydrogen-bond acceptors (Lipinski definition) is 4. The zero-order valence-electron chi connectivity index (χ0n) is 14.1. The second kappa shape index (κ2) is 6.68. The fraction of sp³-hybridized carbons (Fsp3) is 0.222. The minimum absolute atomic E-state index is 0.144. The molecule has 0 saturated heterocycles. The molecule has 0 aliphatic carbocycles. The summed E-state index contributed by atoms with van der Waals surface area (Å²) in [6.07, 6.45) is -10.5. The molecule has 0 radical (unpaired) electrons. The van der Waals surface area contributed by atoms with Crippen LogP contribution in [-0.2, 0) is 27.0 Å². The topological polar surface area (TPSA) is 68.3 Å². The lowest BCUT2D eigenvalue weighted by atomic mass is 9.85. The summed E-state index contributed by atoms with van der Waals surface area (Å²) in [5, 5.41) is -2.16. The van der Waals surface area contributed by atoms with Crippen LogP contribution < -0.4 is 0 Å². The first-order valence-corrected chi connectivity index (χ1v) is 9.45. The highest BCUT2D eigenvalue weighted by molar-refractivity contribution is 7.93. The Balaban J connectivity index is 2.32. The second-order valence-corrected chi connectivity index (χ2v) is 8.40. The van der Waals surface area contributed by atoms with Crippen molar-refractivity contribution in [3.8, 4) is 0 Å². The number of rotatable bonds is 2. The van der Waals surface area contributed by atoms with Gasteiger partial charge in [0.05, 0.1) is 21.9 Å². The maximum Gasteiger partial charge on any atom is 0.416 e. The summed E-state index contributed by atoms with van der Waals surface area (Å²) in [5.41, 5.74) is -4.68. The van der Waals surface area contributed by atoms with Crippen LogP contribution in [0.2, 0.25) is 0 Å². The Morgan fingerprint density at radius 1 is 0.862 bits per heavy atom. The van der Waals surface area contributed by atoms with E-state index in [4.69, 9.17) is 0 Å². The maximum absolute atomic E-state index is 13.1. The van der Waals surface area contributed by atoms with E-state index in [1.807, 2.05) is 0 Å². The Morgan fingerprint density at radius 3 is 1.86 bits per heavy atom. The lowest BCUT2D eigenvalue weighted by molar-refractivity contribution is -0.143. The molecule has 29 heavy (non-hydrogen) atoms. The minimum atomic E-state index is -5.19. The van der Waals surface area contributed by atoms with Crippen molar-refractivity contribution in [1.29, 1.82) is 0 Å². The number of alkyl halides is 6. The molecule has 0 amide bonds. The number of Topliss-reactive ketones (excluding diaryl/α,β-unsaturated/α-hetero) is 1. The van der Waals surface area contributed by atoms with Gasteiger partial charge in [-0.1, -0.05) is 18.2 Å². The minimum Gasteiger partial charge on any atom is -0.302 e. The first kappa shape index (κ1) is 21.0. The molecule has 0 N–H and O–H groups in total. The summed E-state index contributed by atoms with van der Waals surface area (Å²) >= 11 is 0. The van der Waals surface area contributed by atoms with Crippen molar-refractivity contribution < 1.29 is 44.3 Å². The van der Waals surface area contributed by atoms with Crippen LogP contribution in [0.15, 0.2) is 47.4 Å². The van der Waals surface area contributed by atoms with E-state index in [-0.39, 0.29) is 24.5 Å². The van der Waals surface area contributed by atoms with E-state index < -0.39 is 66.3 Å². The lowest BCUT2D eigenvalue weighted by Crippen LogP contribution is -2.40. The molecule has 4 nitrogen and oxygen atoms in total. The molecule has 1 heterocycles. The second-order valence-electron chi connectivity index (χ2n) is 6.32. The van der Waals surface area contributed by atoms with Gasteiger partial charge in [0.1, 0.15) is 11.5 Å². The summed E-state index contributed by atoms with van der Waals surface area (Å²) in [6.45, 7) is 0. The lowest BCUT2D eigenvalue weighted by Gasteiger charge is -2.29. The first-order chi connectivity index (χ1) is 13.3. The monoisotopic (exact) mass is 436 g/mol. The van der Waals surface area contributed by atoms with Crippen molar-refractivity contribution in [2.75, 3.05) is 0 Å². The highest BCUT2D eigenvalue weighted by Gasteiger charge is 2.48. The van der Waals surface area contributed by atoms with E-state index in [9.17, 15) is 44.3 Å². The first-order valence-electron chi connectivity index (χ1n) is 7.90. The molecule has 2 aromatic carbocycles.